The van der Waals surface area contributed by atoms with Gasteiger partial charge in [0.05, 0.1) is 6.67 Å². The lowest BCUT2D eigenvalue weighted by Crippen LogP contribution is -2.27. The number of benzene rings is 1. The molecule has 1 aromatic carbocycles. The first-order chi connectivity index (χ1) is 13.5. The van der Waals surface area contributed by atoms with E-state index in [1.807, 2.05) is 25.1 Å². The van der Waals surface area contributed by atoms with Gasteiger partial charge in [-0.05, 0) is 54.1 Å². The second-order valence-corrected chi connectivity index (χ2v) is 7.11. The van der Waals surface area contributed by atoms with Gasteiger partial charge in [-0.25, -0.2) is 4.98 Å². The maximum absolute atomic E-state index is 12.6. The van der Waals surface area contributed by atoms with Crippen molar-refractivity contribution >= 4 is 34.6 Å². The number of aromatic nitrogens is 2. The average Bonchev–Trinajstić information content (AvgIpc) is 3.01. The van der Waals surface area contributed by atoms with Gasteiger partial charge in [0.1, 0.15) is 5.82 Å². The zero-order valence-electron chi connectivity index (χ0n) is 16.0. The van der Waals surface area contributed by atoms with Crippen LogP contribution in [0.4, 0.5) is 5.82 Å². The molecule has 0 bridgehead atoms. The number of anilines is 1. The Kier molecular flexibility index (Phi) is 4.69. The smallest absolute Gasteiger partial charge is 0.247 e. The highest BCUT2D eigenvalue weighted by molar-refractivity contribution is 5.93. The van der Waals surface area contributed by atoms with Crippen molar-refractivity contribution in [3.8, 4) is 0 Å². The quantitative estimate of drug-likeness (QED) is 0.712. The third kappa shape index (κ3) is 3.53. The Hall–Kier alpha value is -3.41. The summed E-state index contributed by atoms with van der Waals surface area (Å²) in [5.74, 6) is 0.530. The van der Waals surface area contributed by atoms with Crippen LogP contribution in [0.25, 0.3) is 17.0 Å². The standard InChI is InChI=1S/C22H22N4O2/c1-15-11-17-5-3-4-6-19(17)26(15)14-25(2)21(28)10-7-16-12-18-8-9-20(27)24-22(18)23-13-16/h3-7,10-13H,8-9,14H2,1-2H3,(H,23,24,27). The van der Waals surface area contributed by atoms with E-state index < -0.39 is 0 Å². The number of likely N-dealkylation sites (N-methyl/N-ethyl adjacent to an activating group) is 1. The minimum absolute atomic E-state index is 0.00655. The number of carbonyl (C=O) groups is 2. The van der Waals surface area contributed by atoms with E-state index in [1.165, 1.54) is 5.39 Å². The Morgan fingerprint density at radius 3 is 2.96 bits per heavy atom. The lowest BCUT2D eigenvalue weighted by molar-refractivity contribution is -0.126. The van der Waals surface area contributed by atoms with Crippen molar-refractivity contribution in [2.45, 2.75) is 26.4 Å². The minimum Gasteiger partial charge on any atom is -0.327 e. The summed E-state index contributed by atoms with van der Waals surface area (Å²) in [4.78, 5) is 30.0. The van der Waals surface area contributed by atoms with E-state index in [-0.39, 0.29) is 11.8 Å². The number of hydrogen-bond acceptors (Lipinski definition) is 3. The van der Waals surface area contributed by atoms with Crippen molar-refractivity contribution in [3.63, 3.8) is 0 Å². The summed E-state index contributed by atoms with van der Waals surface area (Å²) in [5, 5.41) is 3.93. The van der Waals surface area contributed by atoms with Gasteiger partial charge in [-0.2, -0.15) is 0 Å². The molecule has 2 aromatic heterocycles. The molecule has 0 aliphatic carbocycles. The molecule has 142 valence electrons. The SMILES string of the molecule is Cc1cc2ccccc2n1CN(C)C(=O)C=Cc1cnc2c(c1)CCC(=O)N2. The molecular formula is C22H22N4O2. The number of nitrogens with one attached hydrogen (secondary N) is 1. The van der Waals surface area contributed by atoms with Gasteiger partial charge in [0.2, 0.25) is 11.8 Å². The molecule has 6 nitrogen and oxygen atoms in total. The molecule has 0 fully saturated rings. The van der Waals surface area contributed by atoms with E-state index in [0.717, 1.165) is 22.3 Å². The Morgan fingerprint density at radius 1 is 1.29 bits per heavy atom. The fraction of sp³-hybridized carbons (Fsp3) is 0.227. The summed E-state index contributed by atoms with van der Waals surface area (Å²) in [6.45, 7) is 2.53. The number of hydrogen-bond donors (Lipinski definition) is 1. The van der Waals surface area contributed by atoms with E-state index in [1.54, 1.807) is 30.3 Å². The van der Waals surface area contributed by atoms with Crippen molar-refractivity contribution in [2.75, 3.05) is 12.4 Å². The lowest BCUT2D eigenvalue weighted by Gasteiger charge is -2.18. The van der Waals surface area contributed by atoms with E-state index in [4.69, 9.17) is 0 Å². The molecule has 2 amide bonds. The highest BCUT2D eigenvalue weighted by Crippen LogP contribution is 2.22. The van der Waals surface area contributed by atoms with Crippen LogP contribution in [0.1, 0.15) is 23.2 Å². The summed E-state index contributed by atoms with van der Waals surface area (Å²) in [5.41, 5.74) is 4.08. The first kappa shape index (κ1) is 18.0. The zero-order valence-corrected chi connectivity index (χ0v) is 16.0. The van der Waals surface area contributed by atoms with Crippen molar-refractivity contribution in [2.24, 2.45) is 0 Å². The first-order valence-electron chi connectivity index (χ1n) is 9.28. The van der Waals surface area contributed by atoms with Crippen molar-refractivity contribution < 1.29 is 9.59 Å². The van der Waals surface area contributed by atoms with Gasteiger partial charge in [-0.15, -0.1) is 0 Å². The number of pyridine rings is 1. The highest BCUT2D eigenvalue weighted by atomic mass is 16.2. The van der Waals surface area contributed by atoms with Gasteiger partial charge in [0.15, 0.2) is 0 Å². The second kappa shape index (κ2) is 7.31. The van der Waals surface area contributed by atoms with Gasteiger partial charge in [-0.1, -0.05) is 18.2 Å². The third-order valence-electron chi connectivity index (χ3n) is 5.03. The fourth-order valence-electron chi connectivity index (χ4n) is 3.48. The number of rotatable bonds is 4. The molecular weight excluding hydrogens is 352 g/mol. The Bertz CT molecular complexity index is 1100. The van der Waals surface area contributed by atoms with Crippen LogP contribution < -0.4 is 5.32 Å². The van der Waals surface area contributed by atoms with E-state index >= 15 is 0 Å². The molecule has 0 atom stereocenters. The molecule has 1 N–H and O–H groups in total. The van der Waals surface area contributed by atoms with Gasteiger partial charge in [-0.3, -0.25) is 9.59 Å². The van der Waals surface area contributed by atoms with Crippen LogP contribution in [0, 0.1) is 6.92 Å². The zero-order chi connectivity index (χ0) is 19.7. The van der Waals surface area contributed by atoms with Crippen molar-refractivity contribution in [3.05, 3.63) is 65.5 Å². The summed E-state index contributed by atoms with van der Waals surface area (Å²) >= 11 is 0. The maximum atomic E-state index is 12.6. The largest absolute Gasteiger partial charge is 0.327 e. The van der Waals surface area contributed by atoms with Crippen molar-refractivity contribution in [1.82, 2.24) is 14.5 Å². The van der Waals surface area contributed by atoms with Crippen LogP contribution >= 0.6 is 0 Å². The topological polar surface area (TPSA) is 67.2 Å². The molecule has 3 heterocycles. The molecule has 28 heavy (non-hydrogen) atoms. The summed E-state index contributed by atoms with van der Waals surface area (Å²) in [6, 6.07) is 12.3. The molecule has 0 saturated heterocycles. The molecule has 0 radical (unpaired) electrons. The number of amides is 2. The monoisotopic (exact) mass is 374 g/mol. The Morgan fingerprint density at radius 2 is 2.11 bits per heavy atom. The number of fused-ring (bicyclic) bond motifs is 2. The average molecular weight is 374 g/mol. The number of aryl methyl sites for hydroxylation is 2. The van der Waals surface area contributed by atoms with Gasteiger partial charge in [0.25, 0.3) is 0 Å². The summed E-state index contributed by atoms with van der Waals surface area (Å²) in [6.07, 6.45) is 6.13. The maximum Gasteiger partial charge on any atom is 0.247 e. The molecule has 0 spiro atoms. The Labute approximate surface area is 163 Å². The molecule has 1 aliphatic rings. The predicted molar refractivity (Wildman–Crippen MR) is 110 cm³/mol. The minimum atomic E-state index is -0.0804. The van der Waals surface area contributed by atoms with Crippen LogP contribution in [0.2, 0.25) is 0 Å². The second-order valence-electron chi connectivity index (χ2n) is 7.11. The van der Waals surface area contributed by atoms with Crippen molar-refractivity contribution in [1.29, 1.82) is 0 Å². The van der Waals surface area contributed by atoms with Crippen LogP contribution in [0.5, 0.6) is 0 Å². The normalized spacial score (nSPS) is 13.6. The number of para-hydroxylation sites is 1. The fourth-order valence-corrected chi connectivity index (χ4v) is 3.48. The van der Waals surface area contributed by atoms with Crippen LogP contribution in [0.3, 0.4) is 0 Å². The third-order valence-corrected chi connectivity index (χ3v) is 5.03. The van der Waals surface area contributed by atoms with E-state index in [2.05, 4.69) is 33.1 Å². The summed E-state index contributed by atoms with van der Waals surface area (Å²) in [7, 11) is 1.79. The van der Waals surface area contributed by atoms with Gasteiger partial charge < -0.3 is 14.8 Å². The lowest BCUT2D eigenvalue weighted by atomic mass is 10.0. The van der Waals surface area contributed by atoms with Gasteiger partial charge >= 0.3 is 0 Å². The molecule has 1 aliphatic heterocycles. The van der Waals surface area contributed by atoms with Crippen LogP contribution in [-0.4, -0.2) is 33.3 Å². The Balaban J connectivity index is 1.47. The molecule has 6 heteroatoms. The van der Waals surface area contributed by atoms with Crippen LogP contribution in [-0.2, 0) is 22.7 Å². The van der Waals surface area contributed by atoms with E-state index in [0.29, 0.717) is 25.3 Å². The molecule has 0 unspecified atom stereocenters. The number of carbonyl (C=O) groups excluding carboxylic acids is 2. The first-order valence-corrected chi connectivity index (χ1v) is 9.28. The number of nitrogens with zero attached hydrogens (tertiary/aromatic N) is 3. The molecule has 3 aromatic rings. The van der Waals surface area contributed by atoms with Crippen LogP contribution in [0.15, 0.2) is 48.7 Å². The van der Waals surface area contributed by atoms with Gasteiger partial charge in [0, 0.05) is 37.0 Å². The predicted octanol–water partition coefficient (Wildman–Crippen LogP) is 3.36. The molecule has 0 saturated carbocycles. The highest BCUT2D eigenvalue weighted by Gasteiger charge is 2.16. The summed E-state index contributed by atoms with van der Waals surface area (Å²) < 4.78 is 2.13. The van der Waals surface area contributed by atoms with E-state index in [9.17, 15) is 9.59 Å². The molecule has 4 rings (SSSR count).